The van der Waals surface area contributed by atoms with Crippen molar-refractivity contribution in [1.82, 2.24) is 19.5 Å². The molecule has 0 aliphatic carbocycles. The monoisotopic (exact) mass is 507 g/mol. The second-order valence-corrected chi connectivity index (χ2v) is 10.4. The summed E-state index contributed by atoms with van der Waals surface area (Å²) < 4.78 is 24.9. The van der Waals surface area contributed by atoms with E-state index in [0.29, 0.717) is 0 Å². The van der Waals surface area contributed by atoms with Gasteiger partial charge in [0.25, 0.3) is 5.56 Å². The van der Waals surface area contributed by atoms with Gasteiger partial charge in [-0.15, -0.1) is 0 Å². The van der Waals surface area contributed by atoms with Crippen LogP contribution in [-0.4, -0.2) is 70.0 Å². The molecule has 0 aliphatic rings. The molecule has 0 spiro atoms. The van der Waals surface area contributed by atoms with Gasteiger partial charge < -0.3 is 35.2 Å². The van der Waals surface area contributed by atoms with Gasteiger partial charge in [-0.1, -0.05) is 20.8 Å². The van der Waals surface area contributed by atoms with E-state index in [0.717, 1.165) is 4.57 Å². The lowest BCUT2D eigenvalue weighted by Gasteiger charge is -2.37. The zero-order valence-corrected chi connectivity index (χ0v) is 20.5. The zero-order valence-electron chi connectivity index (χ0n) is 19.6. The minimum absolute atomic E-state index is 0.0110. The number of nitrogens with one attached hydrogen (secondary N) is 2. The number of hydrogen-bond donors (Lipinski definition) is 7. The fourth-order valence-electron chi connectivity index (χ4n) is 3.43. The summed E-state index contributed by atoms with van der Waals surface area (Å²) in [5.41, 5.74) is 2.44. The first-order chi connectivity index (χ1) is 15.8. The number of aromatic amines is 2. The van der Waals surface area contributed by atoms with Crippen molar-refractivity contribution in [1.29, 1.82) is 0 Å². The SMILES string of the molecule is CCC(C)(CCO[C@H]([C@H](O)CO)n1c(=O)[nH]c2c(=O)[nH]c(N)nc21)OP(=O)(O)C(O)(CC)CC. The number of rotatable bonds is 13. The third-order valence-corrected chi connectivity index (χ3v) is 8.41. The summed E-state index contributed by atoms with van der Waals surface area (Å²) in [6.45, 7) is 5.47. The molecule has 2 rings (SSSR count). The first kappa shape index (κ1) is 28.2. The van der Waals surface area contributed by atoms with E-state index in [1.165, 1.54) is 0 Å². The van der Waals surface area contributed by atoms with Crippen LogP contribution in [0.25, 0.3) is 11.2 Å². The van der Waals surface area contributed by atoms with E-state index in [1.54, 1.807) is 27.7 Å². The summed E-state index contributed by atoms with van der Waals surface area (Å²) in [7, 11) is -4.45. The highest BCUT2D eigenvalue weighted by atomic mass is 31.2. The maximum absolute atomic E-state index is 12.8. The summed E-state index contributed by atoms with van der Waals surface area (Å²) in [5, 5.41) is 28.4. The van der Waals surface area contributed by atoms with Crippen molar-refractivity contribution in [2.24, 2.45) is 0 Å². The summed E-state index contributed by atoms with van der Waals surface area (Å²) in [5.74, 6) is -0.271. The molecule has 0 aliphatic heterocycles. The lowest BCUT2D eigenvalue weighted by Crippen LogP contribution is -2.38. The standard InChI is InChI=1S/C19H34N5O9P/c1-5-18(4,33-34(30,31)19(29,6-2)7-3)8-9-32-15(11(26)10-25)24-13-12(21-17(24)28)14(27)23-16(20)22-13/h11,15,25-26,29H,5-10H2,1-4H3,(H,21,28)(H,30,31)(H3,20,22,23,27)/t11-,15-,18?/m1/s1. The molecule has 2 aromatic heterocycles. The maximum atomic E-state index is 12.8. The van der Waals surface area contributed by atoms with E-state index in [9.17, 15) is 34.4 Å². The van der Waals surface area contributed by atoms with Crippen LogP contribution in [0.3, 0.4) is 0 Å². The average molecular weight is 507 g/mol. The Balaban J connectivity index is 2.31. The summed E-state index contributed by atoms with van der Waals surface area (Å²) >= 11 is 0. The normalized spacial score (nSPS) is 17.9. The Morgan fingerprint density at radius 1 is 1.21 bits per heavy atom. The van der Waals surface area contributed by atoms with Crippen LogP contribution < -0.4 is 17.0 Å². The van der Waals surface area contributed by atoms with Gasteiger partial charge in [0.15, 0.2) is 22.7 Å². The molecule has 194 valence electrons. The Hall–Kier alpha value is -2.06. The number of aliphatic hydroxyl groups excluding tert-OH is 2. The van der Waals surface area contributed by atoms with Crippen molar-refractivity contribution in [2.45, 2.75) is 76.7 Å². The molecule has 0 saturated heterocycles. The fourth-order valence-corrected chi connectivity index (χ4v) is 5.22. The number of anilines is 1. The van der Waals surface area contributed by atoms with Crippen LogP contribution in [0.5, 0.6) is 0 Å². The van der Waals surface area contributed by atoms with Gasteiger partial charge in [-0.05, 0) is 26.2 Å². The van der Waals surface area contributed by atoms with Gasteiger partial charge in [0.1, 0.15) is 6.10 Å². The van der Waals surface area contributed by atoms with E-state index in [1.807, 2.05) is 0 Å². The Labute approximate surface area is 195 Å². The summed E-state index contributed by atoms with van der Waals surface area (Å²) in [6, 6.07) is 0. The molecule has 4 atom stereocenters. The fraction of sp³-hybridized carbons (Fsp3) is 0.737. The molecule has 0 radical (unpaired) electrons. The van der Waals surface area contributed by atoms with Gasteiger partial charge in [-0.3, -0.25) is 19.3 Å². The first-order valence-corrected chi connectivity index (χ1v) is 12.5. The van der Waals surface area contributed by atoms with Gasteiger partial charge in [0.05, 0.1) is 18.8 Å². The summed E-state index contributed by atoms with van der Waals surface area (Å²) in [6.07, 6.45) is -2.72. The molecule has 15 heteroatoms. The number of nitrogens with two attached hydrogens (primary N) is 1. The molecule has 2 heterocycles. The van der Waals surface area contributed by atoms with Crippen LogP contribution in [-0.2, 0) is 13.8 Å². The maximum Gasteiger partial charge on any atom is 0.359 e. The van der Waals surface area contributed by atoms with Crippen molar-refractivity contribution in [3.8, 4) is 0 Å². The predicted molar refractivity (Wildman–Crippen MR) is 123 cm³/mol. The van der Waals surface area contributed by atoms with E-state index in [-0.39, 0.29) is 49.4 Å². The Bertz CT molecular complexity index is 1140. The second-order valence-electron chi connectivity index (χ2n) is 8.32. The molecular formula is C19H34N5O9P. The predicted octanol–water partition coefficient (Wildman–Crippen LogP) is 0.133. The molecule has 2 aromatic rings. The van der Waals surface area contributed by atoms with Gasteiger partial charge >= 0.3 is 13.3 Å². The highest BCUT2D eigenvalue weighted by Crippen LogP contribution is 2.60. The Morgan fingerprint density at radius 2 is 1.82 bits per heavy atom. The molecule has 0 fully saturated rings. The van der Waals surface area contributed by atoms with Gasteiger partial charge in [0.2, 0.25) is 5.95 Å². The third kappa shape index (κ3) is 5.60. The highest BCUT2D eigenvalue weighted by molar-refractivity contribution is 7.54. The average Bonchev–Trinajstić information content (AvgIpc) is 3.11. The number of nitrogen functional groups attached to an aromatic ring is 1. The number of H-pyrrole nitrogens is 2. The van der Waals surface area contributed by atoms with Crippen LogP contribution in [0, 0.1) is 0 Å². The number of aliphatic hydroxyl groups is 3. The van der Waals surface area contributed by atoms with Gasteiger partial charge in [0, 0.05) is 6.42 Å². The second kappa shape index (κ2) is 10.7. The number of imidazole rings is 1. The van der Waals surface area contributed by atoms with Crippen molar-refractivity contribution >= 4 is 24.7 Å². The van der Waals surface area contributed by atoms with Crippen LogP contribution in [0.15, 0.2) is 9.59 Å². The molecule has 2 unspecified atom stereocenters. The zero-order chi connectivity index (χ0) is 25.9. The number of aromatic nitrogens is 4. The van der Waals surface area contributed by atoms with Crippen molar-refractivity contribution in [2.75, 3.05) is 18.9 Å². The smallest absolute Gasteiger partial charge is 0.359 e. The molecule has 0 bridgehead atoms. The quantitative estimate of drug-likeness (QED) is 0.180. The lowest BCUT2D eigenvalue weighted by molar-refractivity contribution is -0.108. The summed E-state index contributed by atoms with van der Waals surface area (Å²) in [4.78, 5) is 43.5. The molecule has 0 amide bonds. The molecule has 14 nitrogen and oxygen atoms in total. The number of ether oxygens (including phenoxy) is 1. The van der Waals surface area contributed by atoms with Crippen LogP contribution in [0.4, 0.5) is 5.95 Å². The Morgan fingerprint density at radius 3 is 2.35 bits per heavy atom. The van der Waals surface area contributed by atoms with E-state index in [2.05, 4.69) is 15.0 Å². The van der Waals surface area contributed by atoms with Crippen molar-refractivity contribution in [3.63, 3.8) is 0 Å². The molecule has 0 aromatic carbocycles. The first-order valence-electron chi connectivity index (χ1n) is 10.9. The van der Waals surface area contributed by atoms with E-state index in [4.69, 9.17) is 15.0 Å². The molecule has 8 N–H and O–H groups in total. The van der Waals surface area contributed by atoms with Crippen LogP contribution >= 0.6 is 7.60 Å². The van der Waals surface area contributed by atoms with Crippen LogP contribution in [0.1, 0.15) is 59.6 Å². The minimum Gasteiger partial charge on any atom is -0.394 e. The number of fused-ring (bicyclic) bond motifs is 1. The van der Waals surface area contributed by atoms with E-state index < -0.39 is 48.7 Å². The number of nitrogens with zero attached hydrogens (tertiary/aromatic N) is 2. The highest BCUT2D eigenvalue weighted by Gasteiger charge is 2.48. The third-order valence-electron chi connectivity index (χ3n) is 6.04. The lowest BCUT2D eigenvalue weighted by atomic mass is 10.0. The van der Waals surface area contributed by atoms with Crippen molar-refractivity contribution in [3.05, 3.63) is 20.8 Å². The van der Waals surface area contributed by atoms with Crippen LogP contribution in [0.2, 0.25) is 0 Å². The molecular weight excluding hydrogens is 473 g/mol. The topological polar surface area (TPSA) is 226 Å². The minimum atomic E-state index is -4.45. The molecule has 0 saturated carbocycles. The van der Waals surface area contributed by atoms with Gasteiger partial charge in [-0.25, -0.2) is 9.36 Å². The van der Waals surface area contributed by atoms with Crippen molar-refractivity contribution < 1.29 is 34.0 Å². The van der Waals surface area contributed by atoms with E-state index >= 15 is 0 Å². The largest absolute Gasteiger partial charge is 0.394 e. The van der Waals surface area contributed by atoms with Gasteiger partial charge in [-0.2, -0.15) is 4.98 Å². The number of hydrogen-bond acceptors (Lipinski definition) is 10. The Kier molecular flexibility index (Phi) is 8.86. The molecule has 34 heavy (non-hydrogen) atoms.